The van der Waals surface area contributed by atoms with Crippen molar-refractivity contribution in [2.45, 2.75) is 98.9 Å². The van der Waals surface area contributed by atoms with E-state index in [4.69, 9.17) is 9.47 Å². The summed E-state index contributed by atoms with van der Waals surface area (Å²) in [5.74, 6) is -3.43. The van der Waals surface area contributed by atoms with Crippen LogP contribution in [0.3, 0.4) is 0 Å². The lowest BCUT2D eigenvalue weighted by Gasteiger charge is -2.38. The maximum atomic E-state index is 14.0. The highest BCUT2D eigenvalue weighted by atomic mass is 16.6. The van der Waals surface area contributed by atoms with Crippen molar-refractivity contribution >= 4 is 35.6 Å². The van der Waals surface area contributed by atoms with Gasteiger partial charge in [0.25, 0.3) is 5.91 Å². The quantitative estimate of drug-likeness (QED) is 0.123. The fourth-order valence-corrected chi connectivity index (χ4v) is 5.61. The Hall–Kier alpha value is -3.70. The van der Waals surface area contributed by atoms with Crippen LogP contribution >= 0.6 is 0 Å². The van der Waals surface area contributed by atoms with Crippen LogP contribution in [-0.2, 0) is 33.4 Å². The molecule has 4 amide bonds. The SMILES string of the molecule is C=CCC[C@H](NC(=O)C1C2C(CN1C(=O)[C@@H](NC(=O)OC(C)(C)C)C(C)(C)C)C2(C)C)C(=O)C(=O)NC/C=C/C(=O)OCC. The molecule has 44 heavy (non-hydrogen) atoms. The van der Waals surface area contributed by atoms with E-state index in [9.17, 15) is 28.8 Å². The van der Waals surface area contributed by atoms with Gasteiger partial charge < -0.3 is 30.3 Å². The summed E-state index contributed by atoms with van der Waals surface area (Å²) in [7, 11) is 0. The first-order chi connectivity index (χ1) is 20.3. The first-order valence-electron chi connectivity index (χ1n) is 15.1. The molecule has 2 aliphatic rings. The van der Waals surface area contributed by atoms with Crippen molar-refractivity contribution in [3.63, 3.8) is 0 Å². The molecule has 1 aliphatic carbocycles. The number of hydrogen-bond acceptors (Lipinski definition) is 8. The number of nitrogens with one attached hydrogen (secondary N) is 3. The van der Waals surface area contributed by atoms with E-state index in [1.165, 1.54) is 11.0 Å². The molecule has 2 fully saturated rings. The van der Waals surface area contributed by atoms with Crippen LogP contribution in [0.25, 0.3) is 0 Å². The zero-order valence-electron chi connectivity index (χ0n) is 27.6. The van der Waals surface area contributed by atoms with Gasteiger partial charge in [0, 0.05) is 19.2 Å². The third-order valence-corrected chi connectivity index (χ3v) is 7.97. The summed E-state index contributed by atoms with van der Waals surface area (Å²) in [6, 6.07) is -3.05. The molecule has 0 radical (unpaired) electrons. The normalized spacial score (nSPS) is 21.8. The molecule has 0 aromatic carbocycles. The topological polar surface area (TPSA) is 160 Å². The number of fused-ring (bicyclic) bond motifs is 1. The van der Waals surface area contributed by atoms with Gasteiger partial charge in [-0.05, 0) is 63.2 Å². The van der Waals surface area contributed by atoms with E-state index >= 15 is 0 Å². The van der Waals surface area contributed by atoms with E-state index < -0.39 is 64.7 Å². The lowest BCUT2D eigenvalue weighted by molar-refractivity contribution is -0.145. The largest absolute Gasteiger partial charge is 0.463 e. The summed E-state index contributed by atoms with van der Waals surface area (Å²) >= 11 is 0. The Morgan fingerprint density at radius 1 is 1.05 bits per heavy atom. The minimum atomic E-state index is -1.16. The summed E-state index contributed by atoms with van der Waals surface area (Å²) in [6.07, 6.45) is 3.82. The van der Waals surface area contributed by atoms with Crippen molar-refractivity contribution in [2.24, 2.45) is 22.7 Å². The summed E-state index contributed by atoms with van der Waals surface area (Å²) in [5, 5.41) is 7.86. The second kappa shape index (κ2) is 14.4. The number of esters is 1. The molecule has 246 valence electrons. The Balaban J connectivity index is 2.25. The number of ketones is 1. The van der Waals surface area contributed by atoms with E-state index in [1.807, 2.05) is 34.6 Å². The van der Waals surface area contributed by atoms with Crippen molar-refractivity contribution in [3.05, 3.63) is 24.8 Å². The van der Waals surface area contributed by atoms with Gasteiger partial charge in [0.2, 0.25) is 17.6 Å². The van der Waals surface area contributed by atoms with Crippen molar-refractivity contribution in [2.75, 3.05) is 19.7 Å². The number of allylic oxidation sites excluding steroid dienone is 1. The Morgan fingerprint density at radius 2 is 1.68 bits per heavy atom. The standard InChI is InChI=1S/C32H50N4O8/c1-11-13-15-20(24(38)27(40)33-17-14-16-21(37)43-12-2)34-26(39)23-22-19(32(22,9)10)18-36(23)28(41)25(30(3,4)5)35-29(42)44-31(6,7)8/h11,14,16,19-20,22-23,25H,1,12-13,15,17-18H2,2-10H3,(H,33,40)(H,34,39)(H,35,42)/b16-14+/t19?,20-,22?,23?,25+/m0/s1. The summed E-state index contributed by atoms with van der Waals surface area (Å²) in [6.45, 7) is 20.4. The van der Waals surface area contributed by atoms with Crippen LogP contribution in [0.15, 0.2) is 24.8 Å². The van der Waals surface area contributed by atoms with Crippen LogP contribution in [0.2, 0.25) is 0 Å². The summed E-state index contributed by atoms with van der Waals surface area (Å²) in [4.78, 5) is 79.3. The van der Waals surface area contributed by atoms with Gasteiger partial charge in [0.15, 0.2) is 0 Å². The van der Waals surface area contributed by atoms with Crippen molar-refractivity contribution in [1.82, 2.24) is 20.9 Å². The molecule has 12 heteroatoms. The minimum Gasteiger partial charge on any atom is -0.463 e. The Bertz CT molecular complexity index is 1160. The minimum absolute atomic E-state index is 0.0566. The molecule has 0 bridgehead atoms. The molecular formula is C32H50N4O8. The van der Waals surface area contributed by atoms with Gasteiger partial charge >= 0.3 is 12.1 Å². The molecule has 0 spiro atoms. The predicted octanol–water partition coefficient (Wildman–Crippen LogP) is 2.66. The number of carbonyl (C=O) groups excluding carboxylic acids is 6. The molecule has 3 N–H and O–H groups in total. The van der Waals surface area contributed by atoms with E-state index in [-0.39, 0.29) is 36.8 Å². The van der Waals surface area contributed by atoms with Gasteiger partial charge in [-0.2, -0.15) is 0 Å². The number of ether oxygens (including phenoxy) is 2. The highest BCUT2D eigenvalue weighted by Gasteiger charge is 2.70. The smallest absolute Gasteiger partial charge is 0.408 e. The van der Waals surface area contributed by atoms with E-state index in [0.29, 0.717) is 13.0 Å². The van der Waals surface area contributed by atoms with Crippen LogP contribution in [0, 0.1) is 22.7 Å². The van der Waals surface area contributed by atoms with Crippen molar-refractivity contribution in [1.29, 1.82) is 0 Å². The number of nitrogens with zero attached hydrogens (tertiary/aromatic N) is 1. The number of hydrogen-bond donors (Lipinski definition) is 3. The lowest BCUT2D eigenvalue weighted by Crippen LogP contribution is -2.60. The molecular weight excluding hydrogens is 568 g/mol. The maximum Gasteiger partial charge on any atom is 0.408 e. The first kappa shape index (κ1) is 36.5. The van der Waals surface area contributed by atoms with Crippen LogP contribution in [0.1, 0.15) is 75.2 Å². The number of alkyl carbamates (subject to hydrolysis) is 1. The second-order valence-corrected chi connectivity index (χ2v) is 14.0. The zero-order valence-corrected chi connectivity index (χ0v) is 27.6. The second-order valence-electron chi connectivity index (χ2n) is 14.0. The monoisotopic (exact) mass is 618 g/mol. The Morgan fingerprint density at radius 3 is 2.23 bits per heavy atom. The van der Waals surface area contributed by atoms with Crippen molar-refractivity contribution < 1.29 is 38.2 Å². The van der Waals surface area contributed by atoms with E-state index in [1.54, 1.807) is 33.8 Å². The lowest BCUT2D eigenvalue weighted by atomic mass is 9.85. The van der Waals surface area contributed by atoms with Gasteiger partial charge in [-0.25, -0.2) is 9.59 Å². The van der Waals surface area contributed by atoms with E-state index in [2.05, 4.69) is 22.5 Å². The van der Waals surface area contributed by atoms with Crippen LogP contribution < -0.4 is 16.0 Å². The molecule has 2 rings (SSSR count). The van der Waals surface area contributed by atoms with Gasteiger partial charge in [-0.15, -0.1) is 6.58 Å². The van der Waals surface area contributed by atoms with Crippen molar-refractivity contribution in [3.8, 4) is 0 Å². The van der Waals surface area contributed by atoms with Gasteiger partial charge in [-0.3, -0.25) is 19.2 Å². The maximum absolute atomic E-state index is 14.0. The van der Waals surface area contributed by atoms with Crippen LogP contribution in [0.4, 0.5) is 4.79 Å². The summed E-state index contributed by atoms with van der Waals surface area (Å²) < 4.78 is 10.2. The molecule has 1 saturated heterocycles. The number of rotatable bonds is 13. The molecule has 0 aromatic rings. The number of piperidine rings is 1. The summed E-state index contributed by atoms with van der Waals surface area (Å²) in [5.41, 5.74) is -1.69. The van der Waals surface area contributed by atoms with Gasteiger partial charge in [0.05, 0.1) is 12.6 Å². The number of Topliss-reactive ketones (excluding diaryl/α,β-unsaturated/α-hetero) is 1. The third kappa shape index (κ3) is 9.40. The number of amides is 4. The Kier molecular flexibility index (Phi) is 11.9. The third-order valence-electron chi connectivity index (χ3n) is 7.97. The molecule has 12 nitrogen and oxygen atoms in total. The molecule has 0 aromatic heterocycles. The molecule has 1 aliphatic heterocycles. The first-order valence-corrected chi connectivity index (χ1v) is 15.1. The molecule has 3 unspecified atom stereocenters. The van der Waals surface area contributed by atoms with E-state index in [0.717, 1.165) is 6.08 Å². The average Bonchev–Trinajstić information content (AvgIpc) is 3.21. The highest BCUT2D eigenvalue weighted by molar-refractivity contribution is 6.38. The van der Waals surface area contributed by atoms with Gasteiger partial charge in [0.1, 0.15) is 17.7 Å². The number of carbonyl (C=O) groups is 6. The van der Waals surface area contributed by atoms with Crippen LogP contribution in [-0.4, -0.2) is 83.9 Å². The average molecular weight is 619 g/mol. The zero-order chi connectivity index (χ0) is 33.6. The predicted molar refractivity (Wildman–Crippen MR) is 164 cm³/mol. The molecule has 5 atom stereocenters. The molecule has 1 heterocycles. The Labute approximate surface area is 260 Å². The number of likely N-dealkylation sites (tertiary alicyclic amines) is 1. The fourth-order valence-electron chi connectivity index (χ4n) is 5.61. The van der Waals surface area contributed by atoms with Crippen LogP contribution in [0.5, 0.6) is 0 Å². The van der Waals surface area contributed by atoms with Gasteiger partial charge in [-0.1, -0.05) is 46.8 Å². The molecule has 1 saturated carbocycles. The fraction of sp³-hybridized carbons (Fsp3) is 0.688. The highest BCUT2D eigenvalue weighted by Crippen LogP contribution is 2.65.